The van der Waals surface area contributed by atoms with Gasteiger partial charge < -0.3 is 10.2 Å². The van der Waals surface area contributed by atoms with E-state index in [4.69, 9.17) is 5.73 Å². The first-order valence-corrected chi connectivity index (χ1v) is 10.5. The molecule has 0 bridgehead atoms. The highest BCUT2D eigenvalue weighted by Gasteiger charge is 2.37. The molecule has 1 aromatic heterocycles. The maximum absolute atomic E-state index is 12.4. The molecule has 1 aliphatic rings. The average Bonchev–Trinajstić information content (AvgIpc) is 3.19. The quantitative estimate of drug-likeness (QED) is 0.474. The second-order valence-corrected chi connectivity index (χ2v) is 7.76. The van der Waals surface area contributed by atoms with Gasteiger partial charge in [0.1, 0.15) is 6.04 Å². The molecule has 0 aliphatic carbocycles. The number of imide groups is 1. The summed E-state index contributed by atoms with van der Waals surface area (Å²) in [5, 5.41) is 4.12. The van der Waals surface area contributed by atoms with Gasteiger partial charge in [-0.05, 0) is 17.9 Å². The summed E-state index contributed by atoms with van der Waals surface area (Å²) in [4.78, 5) is 51.4. The number of thiophene rings is 1. The number of urea groups is 1. The van der Waals surface area contributed by atoms with Crippen molar-refractivity contribution in [3.63, 3.8) is 0 Å². The van der Waals surface area contributed by atoms with E-state index in [-0.39, 0.29) is 13.1 Å². The molecule has 1 aromatic rings. The number of nitrogens with zero attached hydrogens (tertiary/aromatic N) is 2. The van der Waals surface area contributed by atoms with E-state index in [0.29, 0.717) is 11.4 Å². The molecular formula is C19H27N4O4S. The summed E-state index contributed by atoms with van der Waals surface area (Å²) in [6.07, 6.45) is 6.52. The second kappa shape index (κ2) is 10.8. The fourth-order valence-electron chi connectivity index (χ4n) is 3.09. The molecular weight excluding hydrogens is 380 g/mol. The highest BCUT2D eigenvalue weighted by atomic mass is 32.1. The lowest BCUT2D eigenvalue weighted by molar-refractivity contribution is -0.153. The van der Waals surface area contributed by atoms with E-state index in [0.717, 1.165) is 24.2 Å². The number of amides is 5. The molecule has 28 heavy (non-hydrogen) atoms. The largest absolute Gasteiger partial charge is 0.333 e. The molecule has 9 heteroatoms. The van der Waals surface area contributed by atoms with Crippen LogP contribution in [0.3, 0.4) is 0 Å². The molecule has 1 unspecified atom stereocenters. The lowest BCUT2D eigenvalue weighted by atomic mass is 10.1. The molecule has 5 amide bonds. The predicted octanol–water partition coefficient (Wildman–Crippen LogP) is 2.34. The molecule has 0 aromatic carbocycles. The molecule has 8 nitrogen and oxygen atoms in total. The number of hydrogen-bond donors (Lipinski definition) is 1. The minimum Gasteiger partial charge on any atom is -0.333 e. The Morgan fingerprint density at radius 3 is 2.50 bits per heavy atom. The van der Waals surface area contributed by atoms with E-state index < -0.39 is 29.8 Å². The third-order valence-electron chi connectivity index (χ3n) is 4.69. The fraction of sp³-hybridized carbons (Fsp3) is 0.579. The van der Waals surface area contributed by atoms with Crippen LogP contribution in [-0.4, -0.2) is 53.2 Å². The Bertz CT molecular complexity index is 692. The van der Waals surface area contributed by atoms with Gasteiger partial charge in [0.05, 0.1) is 0 Å². The van der Waals surface area contributed by atoms with E-state index in [1.54, 1.807) is 17.5 Å². The van der Waals surface area contributed by atoms with Crippen LogP contribution in [0.1, 0.15) is 56.4 Å². The maximum Gasteiger partial charge on any atom is 0.325 e. The van der Waals surface area contributed by atoms with E-state index in [9.17, 15) is 19.2 Å². The third-order valence-corrected chi connectivity index (χ3v) is 5.63. The molecule has 2 heterocycles. The van der Waals surface area contributed by atoms with Crippen LogP contribution in [0.25, 0.3) is 0 Å². The lowest BCUT2D eigenvalue weighted by Crippen LogP contribution is -2.58. The highest BCUT2D eigenvalue weighted by molar-refractivity contribution is 7.10. The van der Waals surface area contributed by atoms with Crippen LogP contribution in [0.5, 0.6) is 0 Å². The van der Waals surface area contributed by atoms with Crippen molar-refractivity contribution in [2.45, 2.75) is 51.5 Å². The minimum absolute atomic E-state index is 0.0790. The predicted molar refractivity (Wildman–Crippen MR) is 105 cm³/mol. The molecule has 1 saturated heterocycles. The molecule has 1 radical (unpaired) electrons. The van der Waals surface area contributed by atoms with Crippen LogP contribution in [0, 0.1) is 0 Å². The minimum atomic E-state index is -1.14. The smallest absolute Gasteiger partial charge is 0.325 e. The van der Waals surface area contributed by atoms with Gasteiger partial charge in [0.15, 0.2) is 0 Å². The van der Waals surface area contributed by atoms with Crippen molar-refractivity contribution in [3.05, 3.63) is 22.4 Å². The number of piperazine rings is 1. The fourth-order valence-corrected chi connectivity index (χ4v) is 3.86. The van der Waals surface area contributed by atoms with Crippen molar-refractivity contribution < 1.29 is 19.2 Å². The van der Waals surface area contributed by atoms with Gasteiger partial charge in [0.2, 0.25) is 0 Å². The zero-order valence-electron chi connectivity index (χ0n) is 16.1. The summed E-state index contributed by atoms with van der Waals surface area (Å²) in [5.41, 5.74) is 7.35. The Kier molecular flexibility index (Phi) is 8.43. The van der Waals surface area contributed by atoms with Crippen molar-refractivity contribution in [2.24, 2.45) is 0 Å². The molecule has 1 aliphatic heterocycles. The van der Waals surface area contributed by atoms with Crippen LogP contribution in [-0.2, 0) is 14.4 Å². The van der Waals surface area contributed by atoms with Crippen molar-refractivity contribution >= 4 is 35.1 Å². The monoisotopic (exact) mass is 407 g/mol. The topological polar surface area (TPSA) is 111 Å². The van der Waals surface area contributed by atoms with Gasteiger partial charge in [0, 0.05) is 24.5 Å². The van der Waals surface area contributed by atoms with Crippen molar-refractivity contribution in [1.82, 2.24) is 20.9 Å². The molecule has 0 saturated carbocycles. The number of nitrogens with one attached hydrogen (secondary N) is 2. The van der Waals surface area contributed by atoms with Gasteiger partial charge in [-0.3, -0.25) is 25.0 Å². The number of carbonyl (C=O) groups excluding carboxylic acids is 4. The zero-order chi connectivity index (χ0) is 20.5. The van der Waals surface area contributed by atoms with Crippen molar-refractivity contribution in [3.8, 4) is 0 Å². The first-order chi connectivity index (χ1) is 13.5. The Morgan fingerprint density at radius 1 is 1.14 bits per heavy atom. The van der Waals surface area contributed by atoms with Gasteiger partial charge in [-0.25, -0.2) is 4.79 Å². The number of hydrogen-bond acceptors (Lipinski definition) is 5. The summed E-state index contributed by atoms with van der Waals surface area (Å²) in [7, 11) is 0. The van der Waals surface area contributed by atoms with Gasteiger partial charge in [0.25, 0.3) is 5.91 Å². The summed E-state index contributed by atoms with van der Waals surface area (Å²) in [6.45, 7) is 3.03. The normalized spacial score (nSPS) is 15.6. The molecule has 2 rings (SSSR count). The Labute approximate surface area is 169 Å². The van der Waals surface area contributed by atoms with E-state index in [1.165, 1.54) is 35.5 Å². The molecule has 1 atom stereocenters. The molecule has 153 valence electrons. The summed E-state index contributed by atoms with van der Waals surface area (Å²) < 4.78 is 0. The van der Waals surface area contributed by atoms with Crippen LogP contribution < -0.4 is 11.1 Å². The van der Waals surface area contributed by atoms with Gasteiger partial charge in [-0.15, -0.1) is 11.3 Å². The SMILES string of the molecule is CCCCCCCCN1CCN(C(=O)NC(C([NH])=O)c2cccs2)C(=O)C1=O. The van der Waals surface area contributed by atoms with Crippen LogP contribution in [0.15, 0.2) is 17.5 Å². The number of carbonyl (C=O) groups is 4. The van der Waals surface area contributed by atoms with Crippen molar-refractivity contribution in [1.29, 1.82) is 0 Å². The number of rotatable bonds is 10. The standard InChI is InChI=1S/C19H27N4O4S/c1-2-3-4-5-6-7-10-22-11-12-23(18(26)17(22)25)19(27)21-15(16(20)24)14-9-8-13-28-14/h8-9,13,15,20H,2-7,10-12H2,1H3,(H,21,27). The highest BCUT2D eigenvalue weighted by Crippen LogP contribution is 2.20. The van der Waals surface area contributed by atoms with Crippen LogP contribution in [0.2, 0.25) is 0 Å². The van der Waals surface area contributed by atoms with Crippen LogP contribution >= 0.6 is 11.3 Å². The Balaban J connectivity index is 1.86. The Hall–Kier alpha value is -2.42. The first kappa shape index (κ1) is 21.9. The zero-order valence-corrected chi connectivity index (χ0v) is 16.9. The van der Waals surface area contributed by atoms with Crippen molar-refractivity contribution in [2.75, 3.05) is 19.6 Å². The van der Waals surface area contributed by atoms with Gasteiger partial charge >= 0.3 is 17.8 Å². The Morgan fingerprint density at radius 2 is 1.86 bits per heavy atom. The third kappa shape index (κ3) is 5.79. The maximum atomic E-state index is 12.4. The van der Waals surface area contributed by atoms with Gasteiger partial charge in [-0.1, -0.05) is 45.1 Å². The molecule has 1 fully saturated rings. The molecule has 0 spiro atoms. The van der Waals surface area contributed by atoms with E-state index in [1.807, 2.05) is 0 Å². The number of unbranched alkanes of at least 4 members (excludes halogenated alkanes) is 5. The van der Waals surface area contributed by atoms with E-state index in [2.05, 4.69) is 12.2 Å². The first-order valence-electron chi connectivity index (χ1n) is 9.65. The molecule has 2 N–H and O–H groups in total. The summed E-state index contributed by atoms with van der Waals surface area (Å²) in [5.74, 6) is -2.56. The lowest BCUT2D eigenvalue weighted by Gasteiger charge is -2.33. The van der Waals surface area contributed by atoms with Crippen LogP contribution in [0.4, 0.5) is 4.79 Å². The average molecular weight is 408 g/mol. The second-order valence-electron chi connectivity index (χ2n) is 6.78. The van der Waals surface area contributed by atoms with Gasteiger partial charge in [-0.2, -0.15) is 0 Å². The van der Waals surface area contributed by atoms with E-state index >= 15 is 0 Å². The summed E-state index contributed by atoms with van der Waals surface area (Å²) in [6, 6.07) is 1.37. The summed E-state index contributed by atoms with van der Waals surface area (Å²) >= 11 is 1.23.